The lowest BCUT2D eigenvalue weighted by atomic mass is 9.94. The number of benzene rings is 2. The average molecular weight is 282 g/mol. The van der Waals surface area contributed by atoms with E-state index >= 15 is 0 Å². The Labute approximate surface area is 116 Å². The first-order valence-corrected chi connectivity index (χ1v) is 6.29. The van der Waals surface area contributed by atoms with E-state index in [1.165, 1.54) is 18.2 Å². The maximum atomic E-state index is 14.0. The summed E-state index contributed by atoms with van der Waals surface area (Å²) in [6.07, 6.45) is 0. The molecule has 1 atom stereocenters. The Hall–Kier alpha value is -1.45. The molecule has 0 aromatic heterocycles. The van der Waals surface area contributed by atoms with Gasteiger partial charge in [-0.1, -0.05) is 23.7 Å². The standard InChI is InChI=1S/C15H14ClF2N/c1-9-7-11(17)4-6-12(9)15(19-2)13-5-3-10(16)8-14(13)18/h3-8,15,19H,1-2H3. The van der Waals surface area contributed by atoms with Crippen LogP contribution in [0, 0.1) is 18.6 Å². The van der Waals surface area contributed by atoms with Crippen LogP contribution in [0.15, 0.2) is 36.4 Å². The summed E-state index contributed by atoms with van der Waals surface area (Å²) in [7, 11) is 1.74. The largest absolute Gasteiger partial charge is 0.309 e. The third-order valence-corrected chi connectivity index (χ3v) is 3.34. The maximum absolute atomic E-state index is 14.0. The highest BCUT2D eigenvalue weighted by atomic mass is 35.5. The number of hydrogen-bond donors (Lipinski definition) is 1. The van der Waals surface area contributed by atoms with E-state index < -0.39 is 0 Å². The molecule has 2 aromatic carbocycles. The van der Waals surface area contributed by atoms with Crippen molar-refractivity contribution >= 4 is 11.6 Å². The minimum atomic E-state index is -0.379. The van der Waals surface area contributed by atoms with Crippen LogP contribution in [0.4, 0.5) is 8.78 Å². The zero-order valence-corrected chi connectivity index (χ0v) is 11.4. The molecular formula is C15H14ClF2N. The van der Waals surface area contributed by atoms with Crippen molar-refractivity contribution < 1.29 is 8.78 Å². The normalized spacial score (nSPS) is 12.5. The molecule has 0 saturated heterocycles. The molecule has 0 heterocycles. The van der Waals surface area contributed by atoms with E-state index in [0.717, 1.165) is 11.1 Å². The first kappa shape index (κ1) is 14.0. The van der Waals surface area contributed by atoms with Gasteiger partial charge in [-0.05, 0) is 49.4 Å². The van der Waals surface area contributed by atoms with Crippen LogP contribution in [0.2, 0.25) is 5.02 Å². The van der Waals surface area contributed by atoms with Crippen LogP contribution in [0.3, 0.4) is 0 Å². The van der Waals surface area contributed by atoms with Crippen LogP contribution in [-0.4, -0.2) is 7.05 Å². The van der Waals surface area contributed by atoms with Crippen molar-refractivity contribution in [1.82, 2.24) is 5.32 Å². The molecule has 2 rings (SSSR count). The zero-order valence-electron chi connectivity index (χ0n) is 10.7. The van der Waals surface area contributed by atoms with Gasteiger partial charge in [-0.3, -0.25) is 0 Å². The Morgan fingerprint density at radius 2 is 1.74 bits per heavy atom. The predicted molar refractivity (Wildman–Crippen MR) is 73.4 cm³/mol. The molecule has 1 unspecified atom stereocenters. The molecular weight excluding hydrogens is 268 g/mol. The molecule has 0 aliphatic rings. The van der Waals surface area contributed by atoms with Crippen LogP contribution >= 0.6 is 11.6 Å². The fraction of sp³-hybridized carbons (Fsp3) is 0.200. The van der Waals surface area contributed by atoms with E-state index in [1.54, 1.807) is 32.2 Å². The fourth-order valence-electron chi connectivity index (χ4n) is 2.18. The van der Waals surface area contributed by atoms with E-state index in [0.29, 0.717) is 10.6 Å². The quantitative estimate of drug-likeness (QED) is 0.887. The van der Waals surface area contributed by atoms with Gasteiger partial charge in [0.15, 0.2) is 0 Å². The summed E-state index contributed by atoms with van der Waals surface area (Å²) in [6, 6.07) is 8.71. The van der Waals surface area contributed by atoms with Gasteiger partial charge in [-0.15, -0.1) is 0 Å². The van der Waals surface area contributed by atoms with Crippen molar-refractivity contribution in [3.05, 3.63) is 69.7 Å². The van der Waals surface area contributed by atoms with E-state index in [2.05, 4.69) is 5.32 Å². The number of rotatable bonds is 3. The molecule has 19 heavy (non-hydrogen) atoms. The summed E-state index contributed by atoms with van der Waals surface area (Å²) < 4.78 is 27.1. The van der Waals surface area contributed by atoms with Crippen molar-refractivity contribution in [2.24, 2.45) is 0 Å². The van der Waals surface area contributed by atoms with Gasteiger partial charge in [0, 0.05) is 10.6 Å². The SMILES string of the molecule is CNC(c1ccc(F)cc1C)c1ccc(Cl)cc1F. The number of nitrogens with one attached hydrogen (secondary N) is 1. The second-order valence-electron chi connectivity index (χ2n) is 4.39. The van der Waals surface area contributed by atoms with Gasteiger partial charge in [-0.2, -0.15) is 0 Å². The van der Waals surface area contributed by atoms with Gasteiger partial charge in [0.1, 0.15) is 11.6 Å². The van der Waals surface area contributed by atoms with Gasteiger partial charge in [0.25, 0.3) is 0 Å². The molecule has 0 amide bonds. The van der Waals surface area contributed by atoms with E-state index in [4.69, 9.17) is 11.6 Å². The summed E-state index contributed by atoms with van der Waals surface area (Å²) in [4.78, 5) is 0. The summed E-state index contributed by atoms with van der Waals surface area (Å²) in [5.41, 5.74) is 2.10. The Kier molecular flexibility index (Phi) is 4.17. The van der Waals surface area contributed by atoms with Gasteiger partial charge in [0.05, 0.1) is 6.04 Å². The zero-order chi connectivity index (χ0) is 14.0. The lowest BCUT2D eigenvalue weighted by Gasteiger charge is -2.20. The van der Waals surface area contributed by atoms with Crippen LogP contribution in [0.5, 0.6) is 0 Å². The highest BCUT2D eigenvalue weighted by Crippen LogP contribution is 2.28. The summed E-state index contributed by atoms with van der Waals surface area (Å²) >= 11 is 5.75. The second-order valence-corrected chi connectivity index (χ2v) is 4.82. The number of halogens is 3. The Morgan fingerprint density at radius 3 is 2.32 bits per heavy atom. The maximum Gasteiger partial charge on any atom is 0.129 e. The Bertz CT molecular complexity index is 547. The van der Waals surface area contributed by atoms with Crippen LogP contribution < -0.4 is 5.32 Å². The lowest BCUT2D eigenvalue weighted by molar-refractivity contribution is 0.573. The molecule has 0 aliphatic carbocycles. The molecule has 1 nitrogen and oxygen atoms in total. The molecule has 1 N–H and O–H groups in total. The fourth-order valence-corrected chi connectivity index (χ4v) is 2.34. The minimum absolute atomic E-state index is 0.298. The van der Waals surface area contributed by atoms with Crippen molar-refractivity contribution in [3.63, 3.8) is 0 Å². The van der Waals surface area contributed by atoms with Crippen LogP contribution in [0.25, 0.3) is 0 Å². The van der Waals surface area contributed by atoms with Crippen molar-refractivity contribution in [2.45, 2.75) is 13.0 Å². The second kappa shape index (κ2) is 5.68. The first-order chi connectivity index (χ1) is 9.02. The molecule has 4 heteroatoms. The highest BCUT2D eigenvalue weighted by molar-refractivity contribution is 6.30. The first-order valence-electron chi connectivity index (χ1n) is 5.91. The monoisotopic (exact) mass is 281 g/mol. The summed E-state index contributed by atoms with van der Waals surface area (Å²) in [5, 5.41) is 3.40. The molecule has 0 aliphatic heterocycles. The molecule has 0 spiro atoms. The molecule has 100 valence electrons. The predicted octanol–water partition coefficient (Wildman–Crippen LogP) is 4.24. The molecule has 2 aromatic rings. The third-order valence-electron chi connectivity index (χ3n) is 3.11. The third kappa shape index (κ3) is 2.94. The molecule has 0 bridgehead atoms. The Morgan fingerprint density at radius 1 is 1.05 bits per heavy atom. The minimum Gasteiger partial charge on any atom is -0.309 e. The topological polar surface area (TPSA) is 12.0 Å². The number of aryl methyl sites for hydroxylation is 1. The highest BCUT2D eigenvalue weighted by Gasteiger charge is 2.18. The van der Waals surface area contributed by atoms with Gasteiger partial charge < -0.3 is 5.32 Å². The van der Waals surface area contributed by atoms with E-state index in [-0.39, 0.29) is 17.7 Å². The number of hydrogen-bond acceptors (Lipinski definition) is 1. The van der Waals surface area contributed by atoms with Crippen LogP contribution in [-0.2, 0) is 0 Å². The van der Waals surface area contributed by atoms with Crippen molar-refractivity contribution in [1.29, 1.82) is 0 Å². The summed E-state index contributed by atoms with van der Waals surface area (Å²) in [5.74, 6) is -0.678. The Balaban J connectivity index is 2.50. The molecule has 0 fully saturated rings. The van der Waals surface area contributed by atoms with E-state index in [1.807, 2.05) is 0 Å². The average Bonchev–Trinajstić information content (AvgIpc) is 2.34. The van der Waals surface area contributed by atoms with E-state index in [9.17, 15) is 8.78 Å². The van der Waals surface area contributed by atoms with Gasteiger partial charge in [-0.25, -0.2) is 8.78 Å². The summed E-state index contributed by atoms with van der Waals surface area (Å²) in [6.45, 7) is 1.80. The lowest BCUT2D eigenvalue weighted by Crippen LogP contribution is -2.20. The van der Waals surface area contributed by atoms with Crippen molar-refractivity contribution in [3.8, 4) is 0 Å². The van der Waals surface area contributed by atoms with Crippen molar-refractivity contribution in [2.75, 3.05) is 7.05 Å². The van der Waals surface area contributed by atoms with Gasteiger partial charge in [0.2, 0.25) is 0 Å². The smallest absolute Gasteiger partial charge is 0.129 e. The molecule has 0 saturated carbocycles. The van der Waals surface area contributed by atoms with Crippen LogP contribution in [0.1, 0.15) is 22.7 Å². The molecule has 0 radical (unpaired) electrons. The van der Waals surface area contributed by atoms with Gasteiger partial charge >= 0.3 is 0 Å².